The van der Waals surface area contributed by atoms with Crippen molar-refractivity contribution in [3.63, 3.8) is 0 Å². The Balaban J connectivity index is 1.95. The molecule has 4 heteroatoms. The van der Waals surface area contributed by atoms with E-state index in [0.717, 1.165) is 24.8 Å². The van der Waals surface area contributed by atoms with Crippen LogP contribution in [0.2, 0.25) is 0 Å². The summed E-state index contributed by atoms with van der Waals surface area (Å²) >= 11 is 0. The lowest BCUT2D eigenvalue weighted by Gasteiger charge is -2.43. The van der Waals surface area contributed by atoms with Gasteiger partial charge in [0, 0.05) is 11.5 Å². The van der Waals surface area contributed by atoms with Gasteiger partial charge in [-0.05, 0) is 58.4 Å². The predicted molar refractivity (Wildman–Crippen MR) is 92.4 cm³/mol. The highest BCUT2D eigenvalue weighted by atomic mass is 16.6. The van der Waals surface area contributed by atoms with E-state index >= 15 is 0 Å². The third kappa shape index (κ3) is 3.22. The van der Waals surface area contributed by atoms with E-state index in [4.69, 9.17) is 9.47 Å². The van der Waals surface area contributed by atoms with Crippen LogP contribution in [-0.4, -0.2) is 35.0 Å². The van der Waals surface area contributed by atoms with Crippen molar-refractivity contribution < 1.29 is 19.4 Å². The summed E-state index contributed by atoms with van der Waals surface area (Å²) in [5.41, 5.74) is 2.00. The molecule has 0 aromatic carbocycles. The minimum Gasteiger partial charge on any atom is -0.455 e. The quantitative estimate of drug-likeness (QED) is 0.419. The molecule has 132 valence electrons. The smallest absolute Gasteiger partial charge is 0.334 e. The van der Waals surface area contributed by atoms with E-state index < -0.39 is 5.60 Å². The second kappa shape index (κ2) is 6.49. The van der Waals surface area contributed by atoms with Crippen LogP contribution < -0.4 is 0 Å². The van der Waals surface area contributed by atoms with Gasteiger partial charge in [-0.15, -0.1) is 0 Å². The first-order valence-electron chi connectivity index (χ1n) is 8.89. The Hall–Kier alpha value is -1.39. The van der Waals surface area contributed by atoms with E-state index in [0.29, 0.717) is 18.4 Å². The summed E-state index contributed by atoms with van der Waals surface area (Å²) in [7, 11) is 0. The predicted octanol–water partition coefficient (Wildman–Crippen LogP) is 3.46. The molecule has 0 aromatic rings. The fraction of sp³-hybridized carbons (Fsp3) is 0.650. The maximum Gasteiger partial charge on any atom is 0.334 e. The van der Waals surface area contributed by atoms with Crippen molar-refractivity contribution >= 4 is 5.97 Å². The Labute approximate surface area is 144 Å². The lowest BCUT2D eigenvalue weighted by molar-refractivity contribution is -0.186. The first kappa shape index (κ1) is 17.4. The lowest BCUT2D eigenvalue weighted by atomic mass is 9.78. The van der Waals surface area contributed by atoms with Crippen LogP contribution >= 0.6 is 0 Å². The standard InChI is InChI=1S/C20H28O4/c1-12-7-5-9-13(2)17-18-15(14(3)19(21)24-18)11-16(23-17)20(4,22)10-6-8-12/h8-9,15-18,22H,3,5-7,10-11H2,1-2,4H3. The highest BCUT2D eigenvalue weighted by molar-refractivity contribution is 5.91. The maximum atomic E-state index is 12.0. The van der Waals surface area contributed by atoms with Gasteiger partial charge in [0.05, 0.1) is 11.7 Å². The fourth-order valence-electron chi connectivity index (χ4n) is 4.01. The molecule has 0 spiro atoms. The van der Waals surface area contributed by atoms with Crippen LogP contribution in [0.4, 0.5) is 0 Å². The monoisotopic (exact) mass is 332 g/mol. The van der Waals surface area contributed by atoms with Gasteiger partial charge in [0.1, 0.15) is 12.2 Å². The van der Waals surface area contributed by atoms with Crippen molar-refractivity contribution in [1.29, 1.82) is 0 Å². The van der Waals surface area contributed by atoms with Crippen LogP contribution in [0.1, 0.15) is 52.9 Å². The summed E-state index contributed by atoms with van der Waals surface area (Å²) in [6.45, 7) is 9.92. The molecule has 4 nitrogen and oxygen atoms in total. The molecule has 0 aromatic heterocycles. The van der Waals surface area contributed by atoms with Gasteiger partial charge in [0.25, 0.3) is 0 Å². The summed E-state index contributed by atoms with van der Waals surface area (Å²) < 4.78 is 11.8. The van der Waals surface area contributed by atoms with Crippen molar-refractivity contribution in [2.45, 2.75) is 76.8 Å². The van der Waals surface area contributed by atoms with Crippen molar-refractivity contribution in [3.05, 3.63) is 35.5 Å². The SMILES string of the molecule is C=C1C(=O)OC2C1CC1OC2C(C)=CCCC(C)=CCCC1(C)O. The second-order valence-electron chi connectivity index (χ2n) is 7.72. The lowest BCUT2D eigenvalue weighted by Crippen LogP contribution is -2.52. The van der Waals surface area contributed by atoms with Crippen molar-refractivity contribution in [2.75, 3.05) is 0 Å². The molecule has 0 saturated carbocycles. The van der Waals surface area contributed by atoms with E-state index in [-0.39, 0.29) is 30.2 Å². The number of rotatable bonds is 0. The summed E-state index contributed by atoms with van der Waals surface area (Å²) in [6.07, 6.45) is 7.44. The molecule has 2 fully saturated rings. The molecular weight excluding hydrogens is 304 g/mol. The molecule has 2 bridgehead atoms. The van der Waals surface area contributed by atoms with Gasteiger partial charge in [-0.3, -0.25) is 0 Å². The number of allylic oxidation sites excluding steroid dienone is 3. The summed E-state index contributed by atoms with van der Waals surface area (Å²) in [5.74, 6) is -0.398. The van der Waals surface area contributed by atoms with Crippen molar-refractivity contribution in [2.24, 2.45) is 5.92 Å². The van der Waals surface area contributed by atoms with Gasteiger partial charge in [-0.25, -0.2) is 4.79 Å². The molecule has 3 rings (SSSR count). The van der Waals surface area contributed by atoms with E-state index in [9.17, 15) is 9.90 Å². The van der Waals surface area contributed by atoms with Gasteiger partial charge in [-0.1, -0.05) is 24.3 Å². The zero-order valence-electron chi connectivity index (χ0n) is 14.9. The zero-order valence-corrected chi connectivity index (χ0v) is 14.9. The van der Waals surface area contributed by atoms with Gasteiger partial charge in [-0.2, -0.15) is 0 Å². The zero-order chi connectivity index (χ0) is 17.5. The number of aliphatic hydroxyl groups is 1. The molecule has 2 saturated heterocycles. The normalized spacial score (nSPS) is 40.7. The molecular formula is C20H28O4. The van der Waals surface area contributed by atoms with Crippen LogP contribution in [0, 0.1) is 5.92 Å². The van der Waals surface area contributed by atoms with Crippen LogP contribution in [0.15, 0.2) is 35.5 Å². The molecule has 3 aliphatic rings. The maximum absolute atomic E-state index is 12.0. The number of hydrogen-bond donors (Lipinski definition) is 1. The first-order valence-corrected chi connectivity index (χ1v) is 8.89. The number of hydrogen-bond acceptors (Lipinski definition) is 4. The average Bonchev–Trinajstić information content (AvgIpc) is 2.80. The minimum atomic E-state index is -0.939. The van der Waals surface area contributed by atoms with Crippen LogP contribution in [0.5, 0.6) is 0 Å². The number of esters is 1. The third-order valence-corrected chi connectivity index (χ3v) is 5.72. The van der Waals surface area contributed by atoms with Gasteiger partial charge < -0.3 is 14.6 Å². The molecule has 0 aliphatic carbocycles. The Morgan fingerprint density at radius 1 is 1.29 bits per heavy atom. The van der Waals surface area contributed by atoms with Crippen LogP contribution in [0.3, 0.4) is 0 Å². The van der Waals surface area contributed by atoms with E-state index in [1.807, 2.05) is 13.8 Å². The summed E-state index contributed by atoms with van der Waals surface area (Å²) in [4.78, 5) is 12.0. The number of fused-ring (bicyclic) bond motifs is 4. The summed E-state index contributed by atoms with van der Waals surface area (Å²) in [6, 6.07) is 0. The Morgan fingerprint density at radius 3 is 2.79 bits per heavy atom. The Morgan fingerprint density at radius 2 is 2.04 bits per heavy atom. The van der Waals surface area contributed by atoms with E-state index in [2.05, 4.69) is 25.7 Å². The highest BCUT2D eigenvalue weighted by Gasteiger charge is 2.52. The number of carbonyl (C=O) groups excluding carboxylic acids is 1. The topological polar surface area (TPSA) is 55.8 Å². The first-order chi connectivity index (χ1) is 11.3. The summed E-state index contributed by atoms with van der Waals surface area (Å²) in [5, 5.41) is 11.0. The Kier molecular flexibility index (Phi) is 4.71. The average molecular weight is 332 g/mol. The third-order valence-electron chi connectivity index (χ3n) is 5.72. The Bertz CT molecular complexity index is 599. The molecule has 1 N–H and O–H groups in total. The molecule has 3 aliphatic heterocycles. The van der Waals surface area contributed by atoms with E-state index in [1.54, 1.807) is 0 Å². The van der Waals surface area contributed by atoms with Crippen LogP contribution in [-0.2, 0) is 14.3 Å². The number of ether oxygens (including phenoxy) is 2. The molecule has 0 radical (unpaired) electrons. The van der Waals surface area contributed by atoms with E-state index in [1.165, 1.54) is 5.57 Å². The van der Waals surface area contributed by atoms with Crippen molar-refractivity contribution in [1.82, 2.24) is 0 Å². The fourth-order valence-corrected chi connectivity index (χ4v) is 4.01. The van der Waals surface area contributed by atoms with Gasteiger partial charge in [0.2, 0.25) is 0 Å². The minimum absolute atomic E-state index is 0.0729. The van der Waals surface area contributed by atoms with Crippen LogP contribution in [0.25, 0.3) is 0 Å². The molecule has 5 unspecified atom stereocenters. The second-order valence-corrected chi connectivity index (χ2v) is 7.72. The van der Waals surface area contributed by atoms with Crippen molar-refractivity contribution in [3.8, 4) is 0 Å². The molecule has 3 heterocycles. The molecule has 24 heavy (non-hydrogen) atoms. The molecule has 0 amide bonds. The van der Waals surface area contributed by atoms with Gasteiger partial charge >= 0.3 is 5.97 Å². The van der Waals surface area contributed by atoms with Gasteiger partial charge in [0.15, 0.2) is 0 Å². The molecule has 5 atom stereocenters. The highest BCUT2D eigenvalue weighted by Crippen LogP contribution is 2.43. The number of carbonyl (C=O) groups is 1. The largest absolute Gasteiger partial charge is 0.455 e.